The quantitative estimate of drug-likeness (QED) is 0.570. The van der Waals surface area contributed by atoms with Gasteiger partial charge in [-0.15, -0.1) is 0 Å². The lowest BCUT2D eigenvalue weighted by Crippen LogP contribution is -2.49. The number of carbonyl (C=O) groups is 1. The summed E-state index contributed by atoms with van der Waals surface area (Å²) in [5, 5.41) is 11.6. The number of aromatic nitrogens is 1. The van der Waals surface area contributed by atoms with Crippen LogP contribution in [0.2, 0.25) is 0 Å². The first-order valence-corrected chi connectivity index (χ1v) is 12.9. The van der Waals surface area contributed by atoms with Crippen LogP contribution in [0.4, 0.5) is 5.69 Å². The molecule has 1 saturated heterocycles. The highest BCUT2D eigenvalue weighted by Crippen LogP contribution is 2.37. The molecule has 1 aromatic heterocycles. The maximum absolute atomic E-state index is 13.3. The van der Waals surface area contributed by atoms with Crippen LogP contribution in [0.25, 0.3) is 0 Å². The molecule has 0 radical (unpaired) electrons. The van der Waals surface area contributed by atoms with Crippen LogP contribution < -0.4 is 15.6 Å². The normalized spacial score (nSPS) is 19.1. The van der Waals surface area contributed by atoms with Gasteiger partial charge in [-0.3, -0.25) is 9.59 Å². The molecule has 1 N–H and O–H groups in total. The third kappa shape index (κ3) is 4.27. The molecule has 2 unspecified atom stereocenters. The molecule has 0 spiro atoms. The van der Waals surface area contributed by atoms with Gasteiger partial charge in [0, 0.05) is 36.8 Å². The maximum atomic E-state index is 13.3. The first kappa shape index (κ1) is 23.8. The first-order chi connectivity index (χ1) is 17.3. The Morgan fingerprint density at radius 3 is 2.42 bits per heavy atom. The van der Waals surface area contributed by atoms with Crippen LogP contribution in [0, 0.1) is 17.2 Å². The van der Waals surface area contributed by atoms with Gasteiger partial charge < -0.3 is 14.6 Å². The van der Waals surface area contributed by atoms with E-state index < -0.39 is 15.9 Å². The SMILES string of the molecule is COc1ccc(S(=O)(=O)N2CC3CC(C2)c2ccc(NC(=O)c4ccc(C#N)cc4)c(=O)n2C3)cc1. The predicted molar refractivity (Wildman–Crippen MR) is 132 cm³/mol. The molecule has 36 heavy (non-hydrogen) atoms. The number of anilines is 1. The summed E-state index contributed by atoms with van der Waals surface area (Å²) in [6.07, 6.45) is 0.797. The molecule has 2 aromatic carbocycles. The monoisotopic (exact) mass is 504 g/mol. The number of nitrogens with one attached hydrogen (secondary N) is 1. The third-order valence-electron chi connectivity index (χ3n) is 6.79. The molecule has 2 bridgehead atoms. The summed E-state index contributed by atoms with van der Waals surface area (Å²) in [4.78, 5) is 26.1. The number of ether oxygens (including phenoxy) is 1. The number of sulfonamides is 1. The number of methoxy groups -OCH3 is 1. The van der Waals surface area contributed by atoms with Crippen molar-refractivity contribution in [2.24, 2.45) is 5.92 Å². The Bertz CT molecular complexity index is 1520. The number of piperidine rings is 1. The first-order valence-electron chi connectivity index (χ1n) is 11.5. The Balaban J connectivity index is 1.37. The fraction of sp³-hybridized carbons (Fsp3) is 0.269. The highest BCUT2D eigenvalue weighted by Gasteiger charge is 2.39. The zero-order valence-electron chi connectivity index (χ0n) is 19.5. The zero-order chi connectivity index (χ0) is 25.4. The van der Waals surface area contributed by atoms with Gasteiger partial charge in [0.2, 0.25) is 10.0 Å². The van der Waals surface area contributed by atoms with Crippen molar-refractivity contribution in [1.29, 1.82) is 5.26 Å². The van der Waals surface area contributed by atoms with Crippen molar-refractivity contribution in [3.8, 4) is 11.8 Å². The van der Waals surface area contributed by atoms with Crippen molar-refractivity contribution in [2.75, 3.05) is 25.5 Å². The molecule has 1 amide bonds. The summed E-state index contributed by atoms with van der Waals surface area (Å²) < 4.78 is 34.9. The van der Waals surface area contributed by atoms with Crippen molar-refractivity contribution in [3.05, 3.63) is 87.8 Å². The van der Waals surface area contributed by atoms with Gasteiger partial charge in [-0.1, -0.05) is 0 Å². The van der Waals surface area contributed by atoms with E-state index in [0.29, 0.717) is 30.0 Å². The summed E-state index contributed by atoms with van der Waals surface area (Å²) in [5.41, 5.74) is 1.40. The highest BCUT2D eigenvalue weighted by atomic mass is 32.2. The lowest BCUT2D eigenvalue weighted by molar-refractivity contribution is 0.102. The topological polar surface area (TPSA) is 122 Å². The number of amides is 1. The van der Waals surface area contributed by atoms with Crippen molar-refractivity contribution < 1.29 is 17.9 Å². The predicted octanol–water partition coefficient (Wildman–Crippen LogP) is 2.79. The summed E-state index contributed by atoms with van der Waals surface area (Å²) >= 11 is 0. The minimum Gasteiger partial charge on any atom is -0.497 e. The molecule has 3 aromatic rings. The van der Waals surface area contributed by atoms with Crippen molar-refractivity contribution in [3.63, 3.8) is 0 Å². The number of nitrogens with zero attached hydrogens (tertiary/aromatic N) is 3. The fourth-order valence-electron chi connectivity index (χ4n) is 4.98. The highest BCUT2D eigenvalue weighted by molar-refractivity contribution is 7.89. The van der Waals surface area contributed by atoms with Gasteiger partial charge >= 0.3 is 0 Å². The van der Waals surface area contributed by atoms with Gasteiger partial charge in [0.25, 0.3) is 11.5 Å². The molecule has 10 heteroatoms. The third-order valence-corrected chi connectivity index (χ3v) is 8.64. The van der Waals surface area contributed by atoms with Crippen molar-refractivity contribution >= 4 is 21.6 Å². The number of hydrogen-bond acceptors (Lipinski definition) is 6. The van der Waals surface area contributed by atoms with Crippen LogP contribution in [0.3, 0.4) is 0 Å². The van der Waals surface area contributed by atoms with Crippen LogP contribution in [-0.4, -0.2) is 43.4 Å². The van der Waals surface area contributed by atoms with Gasteiger partial charge in [-0.25, -0.2) is 8.42 Å². The molecule has 0 aliphatic carbocycles. The number of rotatable bonds is 5. The Labute approximate surface area is 208 Å². The standard InChI is InChI=1S/C26H24N4O5S/c1-35-21-6-8-22(9-7-21)36(33,34)29-14-18-12-20(16-29)24-11-10-23(26(32)30(24)15-18)28-25(31)19-4-2-17(13-27)3-5-19/h2-11,18,20H,12,14-16H2,1H3,(H,28,31). The molecule has 2 aliphatic rings. The van der Waals surface area contributed by atoms with Crippen LogP contribution in [0.1, 0.15) is 34.0 Å². The average molecular weight is 505 g/mol. The number of fused-ring (bicyclic) bond motifs is 4. The van der Waals surface area contributed by atoms with E-state index in [-0.39, 0.29) is 34.5 Å². The molecule has 2 atom stereocenters. The molecule has 9 nitrogen and oxygen atoms in total. The Kier molecular flexibility index (Phi) is 6.12. The molecule has 3 heterocycles. The zero-order valence-corrected chi connectivity index (χ0v) is 20.4. The van der Waals surface area contributed by atoms with E-state index in [1.54, 1.807) is 53.1 Å². The molecule has 2 aliphatic heterocycles. The molecule has 184 valence electrons. The van der Waals surface area contributed by atoms with E-state index in [2.05, 4.69) is 5.32 Å². The van der Waals surface area contributed by atoms with Gasteiger partial charge in [-0.2, -0.15) is 9.57 Å². The fourth-order valence-corrected chi connectivity index (χ4v) is 6.54. The van der Waals surface area contributed by atoms with E-state index in [1.807, 2.05) is 6.07 Å². The van der Waals surface area contributed by atoms with Crippen molar-refractivity contribution in [2.45, 2.75) is 23.8 Å². The largest absolute Gasteiger partial charge is 0.497 e. The number of benzene rings is 2. The second kappa shape index (κ2) is 9.26. The molecule has 0 saturated carbocycles. The smallest absolute Gasteiger partial charge is 0.274 e. The summed E-state index contributed by atoms with van der Waals surface area (Å²) in [7, 11) is -2.16. The van der Waals surface area contributed by atoms with E-state index in [9.17, 15) is 18.0 Å². The van der Waals surface area contributed by atoms with Gasteiger partial charge in [0.1, 0.15) is 11.4 Å². The number of pyridine rings is 1. The van der Waals surface area contributed by atoms with Gasteiger partial charge in [0.05, 0.1) is 23.6 Å². The number of hydrogen-bond donors (Lipinski definition) is 1. The molecular weight excluding hydrogens is 480 g/mol. The molecule has 1 fully saturated rings. The Morgan fingerprint density at radius 1 is 1.03 bits per heavy atom. The summed E-state index contributed by atoms with van der Waals surface area (Å²) in [5.74, 6) is -0.00213. The average Bonchev–Trinajstić information content (AvgIpc) is 2.90. The summed E-state index contributed by atoms with van der Waals surface area (Å²) in [6.45, 7) is 0.972. The van der Waals surface area contributed by atoms with Crippen LogP contribution in [0.15, 0.2) is 70.4 Å². The van der Waals surface area contributed by atoms with Crippen molar-refractivity contribution in [1.82, 2.24) is 8.87 Å². The second-order valence-electron chi connectivity index (χ2n) is 9.03. The Hall–Kier alpha value is -3.94. The maximum Gasteiger partial charge on any atom is 0.274 e. The molecule has 5 rings (SSSR count). The lowest BCUT2D eigenvalue weighted by atomic mass is 9.84. The van der Waals surface area contributed by atoms with Crippen LogP contribution in [0.5, 0.6) is 5.75 Å². The second-order valence-corrected chi connectivity index (χ2v) is 11.0. The lowest BCUT2D eigenvalue weighted by Gasteiger charge is -2.42. The van der Waals surface area contributed by atoms with Crippen LogP contribution in [-0.2, 0) is 16.6 Å². The minimum atomic E-state index is -3.69. The van der Waals surface area contributed by atoms with E-state index in [1.165, 1.54) is 23.5 Å². The van der Waals surface area contributed by atoms with E-state index in [0.717, 1.165) is 12.1 Å². The summed E-state index contributed by atoms with van der Waals surface area (Å²) in [6, 6.07) is 17.9. The number of nitriles is 1. The van der Waals surface area contributed by atoms with Gasteiger partial charge in [-0.05, 0) is 73.0 Å². The minimum absolute atomic E-state index is 0.0218. The Morgan fingerprint density at radius 2 is 1.75 bits per heavy atom. The van der Waals surface area contributed by atoms with Gasteiger partial charge in [0.15, 0.2) is 0 Å². The number of carbonyl (C=O) groups excluding carboxylic acids is 1. The van der Waals surface area contributed by atoms with Crippen LogP contribution >= 0.6 is 0 Å². The van der Waals surface area contributed by atoms with E-state index in [4.69, 9.17) is 10.00 Å². The molecular formula is C26H24N4O5S. The van der Waals surface area contributed by atoms with E-state index >= 15 is 0 Å².